The molecule has 0 unspecified atom stereocenters. The Bertz CT molecular complexity index is 172. The van der Waals surface area contributed by atoms with Crippen molar-refractivity contribution in [2.24, 2.45) is 0 Å². The zero-order valence-electron chi connectivity index (χ0n) is 19.4. The normalized spacial score (nSPS) is 11.8. The van der Waals surface area contributed by atoms with Crippen LogP contribution in [-0.4, -0.2) is 24.3 Å². The summed E-state index contributed by atoms with van der Waals surface area (Å²) in [4.78, 5) is 9.00. The number of carbonyl (C=O) groups is 1. The molecule has 3 heteroatoms. The Kier molecular flexibility index (Phi) is 50.2. The molecule has 1 saturated carbocycles. The minimum atomic E-state index is -0.833. The zero-order chi connectivity index (χ0) is 20.9. The van der Waals surface area contributed by atoms with E-state index in [1.54, 1.807) is 0 Å². The Balaban J connectivity index is -0.000000117. The first-order valence-electron chi connectivity index (χ1n) is 11.2. The van der Waals surface area contributed by atoms with Gasteiger partial charge in [-0.3, -0.25) is 4.79 Å². The highest BCUT2D eigenvalue weighted by atomic mass is 16.5. The number of hydrogen-bond acceptors (Lipinski definition) is 2. The van der Waals surface area contributed by atoms with E-state index in [-0.39, 0.29) is 0 Å². The molecule has 0 bridgehead atoms. The lowest BCUT2D eigenvalue weighted by Crippen LogP contribution is -1.85. The van der Waals surface area contributed by atoms with Crippen LogP contribution in [0.2, 0.25) is 0 Å². The van der Waals surface area contributed by atoms with Crippen LogP contribution in [0.1, 0.15) is 132 Å². The van der Waals surface area contributed by atoms with Crippen LogP contribution in [-0.2, 0) is 9.53 Å². The molecule has 1 rings (SSSR count). The molecule has 0 aromatic rings. The summed E-state index contributed by atoms with van der Waals surface area (Å²) in [6, 6.07) is 0. The van der Waals surface area contributed by atoms with Gasteiger partial charge in [0.05, 0.1) is 0 Å². The molecule has 0 radical (unpaired) electrons. The Hall–Kier alpha value is -0.570. The summed E-state index contributed by atoms with van der Waals surface area (Å²) in [5.41, 5.74) is 0. The van der Waals surface area contributed by atoms with E-state index in [0.717, 1.165) is 20.1 Å². The van der Waals surface area contributed by atoms with E-state index < -0.39 is 5.97 Å². The molecule has 1 fully saturated rings. The lowest BCUT2D eigenvalue weighted by Gasteiger charge is -2.05. The average Bonchev–Trinajstić information content (AvgIpc) is 2.64. The predicted octanol–water partition coefficient (Wildman–Crippen LogP) is 8.26. The van der Waals surface area contributed by atoms with E-state index >= 15 is 0 Å². The monoisotopic (exact) mass is 376 g/mol. The van der Waals surface area contributed by atoms with E-state index in [0.29, 0.717) is 0 Å². The van der Waals surface area contributed by atoms with Crippen LogP contribution in [0.15, 0.2) is 0 Å². The SMILES string of the molecule is C1CCCCC1.CC(=O)O.CCCCC.CCCCCC.CCOCC. The first kappa shape index (κ1) is 33.0. The van der Waals surface area contributed by atoms with Crippen molar-refractivity contribution < 1.29 is 14.6 Å². The van der Waals surface area contributed by atoms with Gasteiger partial charge in [0.1, 0.15) is 0 Å². The summed E-state index contributed by atoms with van der Waals surface area (Å²) in [5, 5.41) is 7.42. The molecule has 0 aromatic heterocycles. The van der Waals surface area contributed by atoms with Crippen LogP contribution in [0.25, 0.3) is 0 Å². The number of unbranched alkanes of at least 4 members (excludes halogenated alkanes) is 5. The summed E-state index contributed by atoms with van der Waals surface area (Å²) < 4.78 is 4.83. The predicted molar refractivity (Wildman–Crippen MR) is 118 cm³/mol. The maximum absolute atomic E-state index is 9.00. The molecule has 0 spiro atoms. The fourth-order valence-corrected chi connectivity index (χ4v) is 2.12. The van der Waals surface area contributed by atoms with Gasteiger partial charge in [-0.25, -0.2) is 0 Å². The van der Waals surface area contributed by atoms with E-state index in [4.69, 9.17) is 14.6 Å². The van der Waals surface area contributed by atoms with Crippen molar-refractivity contribution in [1.29, 1.82) is 0 Å². The molecule has 1 aliphatic carbocycles. The van der Waals surface area contributed by atoms with Gasteiger partial charge in [-0.2, -0.15) is 0 Å². The van der Waals surface area contributed by atoms with Crippen molar-refractivity contribution in [2.75, 3.05) is 13.2 Å². The van der Waals surface area contributed by atoms with Crippen LogP contribution in [0.3, 0.4) is 0 Å². The lowest BCUT2D eigenvalue weighted by atomic mass is 10.0. The molecule has 0 heterocycles. The second-order valence-corrected chi connectivity index (χ2v) is 6.48. The Morgan fingerprint density at radius 2 is 0.885 bits per heavy atom. The quantitative estimate of drug-likeness (QED) is 0.455. The van der Waals surface area contributed by atoms with Gasteiger partial charge >= 0.3 is 0 Å². The number of aliphatic carboxylic acids is 1. The van der Waals surface area contributed by atoms with E-state index in [1.807, 2.05) is 13.8 Å². The molecule has 0 aromatic carbocycles. The Labute approximate surface area is 166 Å². The van der Waals surface area contributed by atoms with Crippen LogP contribution >= 0.6 is 0 Å². The third kappa shape index (κ3) is 76.3. The van der Waals surface area contributed by atoms with Crippen LogP contribution in [0, 0.1) is 0 Å². The van der Waals surface area contributed by atoms with Crippen molar-refractivity contribution in [2.45, 2.75) is 132 Å². The Morgan fingerprint density at radius 3 is 0.962 bits per heavy atom. The molecular formula is C23H52O3. The summed E-state index contributed by atoms with van der Waals surface area (Å²) in [7, 11) is 0. The summed E-state index contributed by atoms with van der Waals surface area (Å²) in [6.07, 6.45) is 18.6. The molecule has 1 aliphatic rings. The van der Waals surface area contributed by atoms with E-state index in [2.05, 4.69) is 27.7 Å². The first-order valence-corrected chi connectivity index (χ1v) is 11.2. The molecule has 0 aliphatic heterocycles. The number of hydrogen-bond donors (Lipinski definition) is 1. The Morgan fingerprint density at radius 1 is 0.654 bits per heavy atom. The molecule has 162 valence electrons. The molecular weight excluding hydrogens is 324 g/mol. The summed E-state index contributed by atoms with van der Waals surface area (Å²) in [6.45, 7) is 15.6. The van der Waals surface area contributed by atoms with E-state index in [1.165, 1.54) is 83.5 Å². The lowest BCUT2D eigenvalue weighted by molar-refractivity contribution is -0.134. The number of carboxylic acids is 1. The number of rotatable bonds is 7. The fraction of sp³-hybridized carbons (Fsp3) is 0.957. The fourth-order valence-electron chi connectivity index (χ4n) is 2.12. The van der Waals surface area contributed by atoms with E-state index in [9.17, 15) is 0 Å². The van der Waals surface area contributed by atoms with Crippen LogP contribution < -0.4 is 0 Å². The molecule has 1 N–H and O–H groups in total. The number of carboxylic acid groups (broad SMARTS) is 1. The average molecular weight is 377 g/mol. The molecule has 3 nitrogen and oxygen atoms in total. The highest BCUT2D eigenvalue weighted by molar-refractivity contribution is 5.62. The molecule has 26 heavy (non-hydrogen) atoms. The number of ether oxygens (including phenoxy) is 1. The first-order chi connectivity index (χ1) is 12.5. The minimum absolute atomic E-state index is 0.833. The maximum Gasteiger partial charge on any atom is 0.300 e. The highest BCUT2D eigenvalue weighted by Gasteiger charge is 1.95. The van der Waals surface area contributed by atoms with Crippen molar-refractivity contribution in [3.63, 3.8) is 0 Å². The summed E-state index contributed by atoms with van der Waals surface area (Å²) >= 11 is 0. The van der Waals surface area contributed by atoms with Gasteiger partial charge in [0.15, 0.2) is 0 Å². The van der Waals surface area contributed by atoms with Gasteiger partial charge in [0.25, 0.3) is 5.97 Å². The van der Waals surface area contributed by atoms with Crippen LogP contribution in [0.5, 0.6) is 0 Å². The third-order valence-electron chi connectivity index (χ3n) is 3.57. The second kappa shape index (κ2) is 39.5. The summed E-state index contributed by atoms with van der Waals surface area (Å²) in [5.74, 6) is -0.833. The zero-order valence-corrected chi connectivity index (χ0v) is 19.4. The third-order valence-corrected chi connectivity index (χ3v) is 3.57. The van der Waals surface area contributed by atoms with Gasteiger partial charge < -0.3 is 9.84 Å². The van der Waals surface area contributed by atoms with Gasteiger partial charge in [-0.1, -0.05) is 111 Å². The molecule has 0 atom stereocenters. The maximum atomic E-state index is 9.00. The topological polar surface area (TPSA) is 46.5 Å². The minimum Gasteiger partial charge on any atom is -0.481 e. The second-order valence-electron chi connectivity index (χ2n) is 6.48. The van der Waals surface area contributed by atoms with Crippen LogP contribution in [0.4, 0.5) is 0 Å². The van der Waals surface area contributed by atoms with Gasteiger partial charge in [-0.15, -0.1) is 0 Å². The largest absolute Gasteiger partial charge is 0.481 e. The molecule has 0 amide bonds. The van der Waals surface area contributed by atoms with Crippen molar-refractivity contribution in [1.82, 2.24) is 0 Å². The van der Waals surface area contributed by atoms with Gasteiger partial charge in [-0.05, 0) is 13.8 Å². The smallest absolute Gasteiger partial charge is 0.300 e. The van der Waals surface area contributed by atoms with Crippen molar-refractivity contribution >= 4 is 5.97 Å². The van der Waals surface area contributed by atoms with Crippen molar-refractivity contribution in [3.05, 3.63) is 0 Å². The highest BCUT2D eigenvalue weighted by Crippen LogP contribution is 2.15. The van der Waals surface area contributed by atoms with Crippen molar-refractivity contribution in [3.8, 4) is 0 Å². The van der Waals surface area contributed by atoms with Gasteiger partial charge in [0.2, 0.25) is 0 Å². The standard InChI is InChI=1S/C6H12.C6H14.C5H12.C4H10O.C2H4O2/c1-2-4-6-5-3-1;1-3-5-6-4-2;2*1-3-5-4-2;1-2(3)4/h1-6H2;3-6H2,1-2H3;3-5H2,1-2H3;3-4H2,1-2H3;1H3,(H,3,4). The van der Waals surface area contributed by atoms with Gasteiger partial charge in [0, 0.05) is 20.1 Å². The molecule has 0 saturated heterocycles.